The van der Waals surface area contributed by atoms with Gasteiger partial charge in [-0.05, 0) is 81.3 Å². The molecule has 1 aliphatic rings. The van der Waals surface area contributed by atoms with Crippen molar-refractivity contribution in [2.45, 2.75) is 69.2 Å². The van der Waals surface area contributed by atoms with Crippen LogP contribution in [0, 0.1) is 11.8 Å². The molecule has 1 heterocycles. The number of alkyl halides is 3. The summed E-state index contributed by atoms with van der Waals surface area (Å²) in [6.45, 7) is 3.18. The number of fused-ring (bicyclic) bond motifs is 1. The van der Waals surface area contributed by atoms with E-state index < -0.39 is 12.7 Å². The lowest BCUT2D eigenvalue weighted by atomic mass is 9.91. The number of methoxy groups -OCH3 is 1. The van der Waals surface area contributed by atoms with E-state index in [2.05, 4.69) is 27.8 Å². The van der Waals surface area contributed by atoms with Crippen LogP contribution in [0.2, 0.25) is 0 Å². The van der Waals surface area contributed by atoms with Crippen molar-refractivity contribution in [1.82, 2.24) is 9.88 Å². The highest BCUT2D eigenvalue weighted by atomic mass is 32.2. The monoisotopic (exact) mass is 560 g/mol. The van der Waals surface area contributed by atoms with Crippen LogP contribution < -0.4 is 20.7 Å². The molecule has 9 heteroatoms. The molecule has 0 spiro atoms. The summed E-state index contributed by atoms with van der Waals surface area (Å²) in [5.74, 6) is 6.66. The first-order valence-electron chi connectivity index (χ1n) is 13.4. The molecule has 0 saturated heterocycles. The maximum absolute atomic E-state index is 13.5. The van der Waals surface area contributed by atoms with E-state index in [-0.39, 0.29) is 6.54 Å². The summed E-state index contributed by atoms with van der Waals surface area (Å²) in [7, 11) is 3.59. The van der Waals surface area contributed by atoms with Gasteiger partial charge >= 0.3 is 6.18 Å². The van der Waals surface area contributed by atoms with Crippen molar-refractivity contribution in [3.63, 3.8) is 0 Å². The molecule has 1 fully saturated rings. The molecule has 1 aromatic heterocycles. The van der Waals surface area contributed by atoms with Gasteiger partial charge in [0.2, 0.25) is 0 Å². The molecule has 0 unspecified atom stereocenters. The maximum atomic E-state index is 13.5. The van der Waals surface area contributed by atoms with Gasteiger partial charge < -0.3 is 25.3 Å². The number of aromatic nitrogens is 1. The van der Waals surface area contributed by atoms with Crippen molar-refractivity contribution in [1.29, 1.82) is 0 Å². The van der Waals surface area contributed by atoms with Crippen LogP contribution in [0.5, 0.6) is 5.75 Å². The van der Waals surface area contributed by atoms with Gasteiger partial charge in [-0.1, -0.05) is 25.8 Å². The van der Waals surface area contributed by atoms with E-state index in [1.807, 2.05) is 51.4 Å². The minimum absolute atomic E-state index is 0.266. The average molecular weight is 561 g/mol. The summed E-state index contributed by atoms with van der Waals surface area (Å²) in [5.41, 5.74) is 2.50. The number of nitrogens with zero attached hydrogens (tertiary/aromatic N) is 1. The lowest BCUT2D eigenvalue weighted by Crippen LogP contribution is -2.34. The maximum Gasteiger partial charge on any atom is 0.406 e. The predicted molar refractivity (Wildman–Crippen MR) is 158 cm³/mol. The first-order chi connectivity index (χ1) is 18.8. The van der Waals surface area contributed by atoms with Gasteiger partial charge in [-0.2, -0.15) is 13.2 Å². The van der Waals surface area contributed by atoms with Crippen LogP contribution in [-0.4, -0.2) is 49.8 Å². The molecule has 5 nitrogen and oxygen atoms in total. The van der Waals surface area contributed by atoms with Crippen molar-refractivity contribution >= 4 is 34.0 Å². The lowest BCUT2D eigenvalue weighted by Gasteiger charge is -2.29. The first kappa shape index (κ1) is 30.6. The number of thioether (sulfide) groups is 1. The highest BCUT2D eigenvalue weighted by Gasteiger charge is 2.30. The lowest BCUT2D eigenvalue weighted by molar-refractivity contribution is -0.140. The molecule has 2 aromatic carbocycles. The highest BCUT2D eigenvalue weighted by molar-refractivity contribution is 7.98. The molecule has 0 radical (unpaired) electrons. The molecule has 4 rings (SSSR count). The van der Waals surface area contributed by atoms with Crippen molar-refractivity contribution in [3.8, 4) is 17.6 Å². The van der Waals surface area contributed by atoms with Crippen LogP contribution in [0.25, 0.3) is 10.9 Å². The van der Waals surface area contributed by atoms with E-state index in [1.54, 1.807) is 37.1 Å². The molecule has 3 N–H and O–H groups in total. The molecule has 0 atom stereocenters. The summed E-state index contributed by atoms with van der Waals surface area (Å²) < 4.78 is 47.2. The van der Waals surface area contributed by atoms with E-state index in [1.165, 1.54) is 4.57 Å². The van der Waals surface area contributed by atoms with Gasteiger partial charge in [-0.15, -0.1) is 11.8 Å². The normalized spacial score (nSPS) is 17.0. The van der Waals surface area contributed by atoms with Gasteiger partial charge in [0, 0.05) is 28.1 Å². The van der Waals surface area contributed by atoms with Crippen LogP contribution in [0.3, 0.4) is 0 Å². The Balaban J connectivity index is 0.00000205. The second kappa shape index (κ2) is 14.4. The molecule has 1 aliphatic carbocycles. The summed E-state index contributed by atoms with van der Waals surface area (Å²) in [6.07, 6.45) is 1.82. The minimum Gasteiger partial charge on any atom is -0.495 e. The molecule has 39 heavy (non-hydrogen) atoms. The summed E-state index contributed by atoms with van der Waals surface area (Å²) in [4.78, 5) is 1.07. The van der Waals surface area contributed by atoms with Crippen LogP contribution in [0.4, 0.5) is 24.5 Å². The fourth-order valence-electron chi connectivity index (χ4n) is 4.83. The fraction of sp³-hybridized carbons (Fsp3) is 0.467. The summed E-state index contributed by atoms with van der Waals surface area (Å²) in [6, 6.07) is 13.9. The van der Waals surface area contributed by atoms with E-state index in [9.17, 15) is 13.2 Å². The molecule has 0 amide bonds. The van der Waals surface area contributed by atoms with E-state index >= 15 is 0 Å². The van der Waals surface area contributed by atoms with Gasteiger partial charge in [-0.3, -0.25) is 0 Å². The zero-order chi connectivity index (χ0) is 28.4. The van der Waals surface area contributed by atoms with Crippen LogP contribution in [-0.2, 0) is 6.54 Å². The molecule has 0 aliphatic heterocycles. The van der Waals surface area contributed by atoms with Crippen LogP contribution >= 0.6 is 11.8 Å². The summed E-state index contributed by atoms with van der Waals surface area (Å²) in [5, 5.41) is 10.9. The average Bonchev–Trinajstić information content (AvgIpc) is 3.29. The number of ether oxygens (including phenoxy) is 1. The Labute approximate surface area is 234 Å². The number of halogens is 3. The Bertz CT molecular complexity index is 1270. The van der Waals surface area contributed by atoms with Gasteiger partial charge in [0.15, 0.2) is 0 Å². The zero-order valence-corrected chi connectivity index (χ0v) is 24.2. The first-order valence-corrected chi connectivity index (χ1v) is 14.6. The van der Waals surface area contributed by atoms with Gasteiger partial charge in [-0.25, -0.2) is 0 Å². The van der Waals surface area contributed by atoms with E-state index in [0.717, 1.165) is 47.3 Å². The number of benzene rings is 2. The third kappa shape index (κ3) is 8.26. The SMILES string of the molecule is CC.CNC1CCC(Nc2cccc3c2cc(C#CCNc2ccc(SC)cc2OC)n3CC(F)(F)F)CC1. The van der Waals surface area contributed by atoms with Gasteiger partial charge in [0.25, 0.3) is 0 Å². The third-order valence-electron chi connectivity index (χ3n) is 6.77. The summed E-state index contributed by atoms with van der Waals surface area (Å²) >= 11 is 1.62. The Kier molecular flexibility index (Phi) is 11.3. The Morgan fingerprint density at radius 3 is 2.38 bits per heavy atom. The van der Waals surface area contributed by atoms with E-state index in [4.69, 9.17) is 4.74 Å². The van der Waals surface area contributed by atoms with Crippen LogP contribution in [0.1, 0.15) is 45.2 Å². The zero-order valence-electron chi connectivity index (χ0n) is 23.3. The number of nitrogens with one attached hydrogen (secondary N) is 3. The van der Waals surface area contributed by atoms with E-state index in [0.29, 0.717) is 29.0 Å². The Hall–Kier alpha value is -2.96. The van der Waals surface area contributed by atoms with Crippen molar-refractivity contribution < 1.29 is 17.9 Å². The molecule has 3 aromatic rings. The van der Waals surface area contributed by atoms with Crippen molar-refractivity contribution in [2.75, 3.05) is 37.6 Å². The minimum atomic E-state index is -4.36. The molecular formula is C30H39F3N4OS. The molecule has 0 bridgehead atoms. The Morgan fingerprint density at radius 1 is 1.03 bits per heavy atom. The largest absolute Gasteiger partial charge is 0.495 e. The van der Waals surface area contributed by atoms with Gasteiger partial charge in [0.05, 0.1) is 30.6 Å². The topological polar surface area (TPSA) is 50.2 Å². The second-order valence-electron chi connectivity index (χ2n) is 9.17. The smallest absolute Gasteiger partial charge is 0.406 e. The standard InChI is InChI=1S/C28H33F3N4OS.C2H6/c1-32-19-9-11-20(12-10-19)34-24-7-4-8-26-23(24)16-21(35(26)18-28(29,30)31)6-5-15-33-25-14-13-22(37-3)17-27(25)36-2;1-2/h4,7-8,13-14,16-17,19-20,32-34H,9-12,15,18H2,1-3H3;1-2H3. The third-order valence-corrected chi connectivity index (χ3v) is 7.50. The number of rotatable bonds is 8. The predicted octanol–water partition coefficient (Wildman–Crippen LogP) is 7.37. The Morgan fingerprint density at radius 2 is 1.74 bits per heavy atom. The number of anilines is 2. The quantitative estimate of drug-likeness (QED) is 0.198. The van der Waals surface area contributed by atoms with Gasteiger partial charge in [0.1, 0.15) is 12.3 Å². The van der Waals surface area contributed by atoms with Crippen molar-refractivity contribution in [3.05, 3.63) is 48.2 Å². The molecule has 212 valence electrons. The second-order valence-corrected chi connectivity index (χ2v) is 10.1. The molecule has 1 saturated carbocycles. The fourth-order valence-corrected chi connectivity index (χ4v) is 5.26. The highest BCUT2D eigenvalue weighted by Crippen LogP contribution is 2.32. The van der Waals surface area contributed by atoms with Crippen molar-refractivity contribution in [2.24, 2.45) is 0 Å². The number of hydrogen-bond acceptors (Lipinski definition) is 5. The molecular weight excluding hydrogens is 521 g/mol. The number of hydrogen-bond donors (Lipinski definition) is 3. The van der Waals surface area contributed by atoms with Crippen LogP contribution in [0.15, 0.2) is 47.4 Å².